The number of thioether (sulfide) groups is 1. The molecule has 1 fully saturated rings. The van der Waals surface area contributed by atoms with Crippen LogP contribution in [-0.2, 0) is 0 Å². The van der Waals surface area contributed by atoms with Crippen LogP contribution in [0.25, 0.3) is 0 Å². The van der Waals surface area contributed by atoms with Gasteiger partial charge in [-0.3, -0.25) is 0 Å². The van der Waals surface area contributed by atoms with Crippen molar-refractivity contribution < 1.29 is 5.11 Å². The maximum absolute atomic E-state index is 9.17. The monoisotopic (exact) mass is 203 g/mol. The van der Waals surface area contributed by atoms with Crippen molar-refractivity contribution in [1.82, 2.24) is 5.32 Å². The predicted molar refractivity (Wildman–Crippen MR) is 59.3 cm³/mol. The molecule has 0 atom stereocenters. The second-order valence-corrected chi connectivity index (χ2v) is 5.16. The van der Waals surface area contributed by atoms with E-state index in [4.69, 9.17) is 0 Å². The van der Waals surface area contributed by atoms with Crippen LogP contribution in [0.2, 0.25) is 0 Å². The lowest BCUT2D eigenvalue weighted by Crippen LogP contribution is -2.54. The molecule has 1 rings (SSSR count). The zero-order valence-electron chi connectivity index (χ0n) is 8.51. The molecule has 78 valence electrons. The van der Waals surface area contributed by atoms with Gasteiger partial charge in [-0.05, 0) is 43.7 Å². The van der Waals surface area contributed by atoms with Crippen molar-refractivity contribution in [2.45, 2.75) is 38.1 Å². The van der Waals surface area contributed by atoms with Crippen molar-refractivity contribution in [2.24, 2.45) is 0 Å². The van der Waals surface area contributed by atoms with Crippen LogP contribution in [0.3, 0.4) is 0 Å². The Morgan fingerprint density at radius 3 is 2.69 bits per heavy atom. The van der Waals surface area contributed by atoms with Crippen molar-refractivity contribution in [3.8, 4) is 0 Å². The number of nitrogens with one attached hydrogen (secondary N) is 1. The highest BCUT2D eigenvalue weighted by Gasteiger charge is 2.35. The summed E-state index contributed by atoms with van der Waals surface area (Å²) in [6, 6.07) is 0. The molecule has 0 saturated heterocycles. The molecule has 0 spiro atoms. The fraction of sp³-hybridized carbons (Fsp3) is 1.00. The molecule has 13 heavy (non-hydrogen) atoms. The van der Waals surface area contributed by atoms with Crippen LogP contribution in [0.1, 0.15) is 32.6 Å². The molecule has 0 bridgehead atoms. The highest BCUT2D eigenvalue weighted by molar-refractivity contribution is 7.99. The Morgan fingerprint density at radius 1 is 1.46 bits per heavy atom. The van der Waals surface area contributed by atoms with Gasteiger partial charge in [-0.2, -0.15) is 11.8 Å². The molecule has 0 amide bonds. The highest BCUT2D eigenvalue weighted by atomic mass is 32.2. The van der Waals surface area contributed by atoms with E-state index in [0.717, 1.165) is 19.4 Å². The quantitative estimate of drug-likeness (QED) is 0.617. The smallest absolute Gasteiger partial charge is 0.0613 e. The molecule has 0 aromatic rings. The van der Waals surface area contributed by atoms with Crippen molar-refractivity contribution in [2.75, 3.05) is 24.7 Å². The Hall–Kier alpha value is 0.270. The zero-order chi connectivity index (χ0) is 9.57. The molecule has 3 heteroatoms. The molecule has 0 radical (unpaired) electrons. The summed E-state index contributed by atoms with van der Waals surface area (Å²) in [5, 5.41) is 12.6. The fourth-order valence-corrected chi connectivity index (χ4v) is 2.30. The van der Waals surface area contributed by atoms with Crippen LogP contribution in [0, 0.1) is 0 Å². The number of aliphatic hydroxyl groups is 1. The lowest BCUT2D eigenvalue weighted by Gasteiger charge is -2.41. The Balaban J connectivity index is 1.98. The summed E-state index contributed by atoms with van der Waals surface area (Å²) in [7, 11) is 0. The van der Waals surface area contributed by atoms with Gasteiger partial charge in [0.15, 0.2) is 0 Å². The Labute approximate surface area is 85.5 Å². The Bertz CT molecular complexity index is 131. The minimum absolute atomic E-state index is 0.108. The maximum atomic E-state index is 9.17. The molecule has 0 aliphatic heterocycles. The van der Waals surface area contributed by atoms with Gasteiger partial charge in [-0.25, -0.2) is 0 Å². The third kappa shape index (κ3) is 3.49. The minimum atomic E-state index is 0.108. The van der Waals surface area contributed by atoms with Gasteiger partial charge < -0.3 is 10.4 Å². The van der Waals surface area contributed by atoms with Gasteiger partial charge in [0.1, 0.15) is 0 Å². The van der Waals surface area contributed by atoms with Crippen LogP contribution in [0.5, 0.6) is 0 Å². The average molecular weight is 203 g/mol. The van der Waals surface area contributed by atoms with Crippen LogP contribution in [-0.4, -0.2) is 35.3 Å². The van der Waals surface area contributed by atoms with Gasteiger partial charge in [0.25, 0.3) is 0 Å². The van der Waals surface area contributed by atoms with Crippen LogP contribution < -0.4 is 5.32 Å². The van der Waals surface area contributed by atoms with E-state index in [1.807, 2.05) is 11.8 Å². The van der Waals surface area contributed by atoms with Crippen molar-refractivity contribution in [3.63, 3.8) is 0 Å². The van der Waals surface area contributed by atoms with E-state index >= 15 is 0 Å². The third-order valence-corrected chi connectivity index (χ3v) is 3.77. The Kier molecular flexibility index (Phi) is 5.14. The molecular formula is C10H21NOS. The SMILES string of the molecule is CCSCCCNC1(CO)CCC1. The summed E-state index contributed by atoms with van der Waals surface area (Å²) >= 11 is 1.99. The van der Waals surface area contributed by atoms with Gasteiger partial charge in [0, 0.05) is 5.54 Å². The molecule has 0 unspecified atom stereocenters. The molecule has 0 aromatic heterocycles. The highest BCUT2D eigenvalue weighted by Crippen LogP contribution is 2.30. The summed E-state index contributed by atoms with van der Waals surface area (Å²) in [5.74, 6) is 2.45. The molecular weight excluding hydrogens is 182 g/mol. The lowest BCUT2D eigenvalue weighted by molar-refractivity contribution is 0.0893. The second kappa shape index (κ2) is 5.89. The summed E-state index contributed by atoms with van der Waals surface area (Å²) in [5.41, 5.74) is 0.108. The van der Waals surface area contributed by atoms with Crippen LogP contribution in [0.15, 0.2) is 0 Å². The molecule has 2 N–H and O–H groups in total. The fourth-order valence-electron chi connectivity index (χ4n) is 1.67. The van der Waals surface area contributed by atoms with E-state index in [-0.39, 0.29) is 5.54 Å². The minimum Gasteiger partial charge on any atom is -0.394 e. The van der Waals surface area contributed by atoms with Crippen molar-refractivity contribution in [3.05, 3.63) is 0 Å². The first-order valence-corrected chi connectivity index (χ1v) is 6.42. The predicted octanol–water partition coefficient (Wildman–Crippen LogP) is 1.63. The van der Waals surface area contributed by atoms with E-state index in [2.05, 4.69) is 12.2 Å². The largest absolute Gasteiger partial charge is 0.394 e. The first-order valence-electron chi connectivity index (χ1n) is 5.26. The van der Waals surface area contributed by atoms with Crippen molar-refractivity contribution in [1.29, 1.82) is 0 Å². The standard InChI is InChI=1S/C10H21NOS/c1-2-13-8-4-7-11-10(9-12)5-3-6-10/h11-12H,2-9H2,1H3. The van der Waals surface area contributed by atoms with Crippen LogP contribution >= 0.6 is 11.8 Å². The first kappa shape index (κ1) is 11.3. The Morgan fingerprint density at radius 2 is 2.23 bits per heavy atom. The van der Waals surface area contributed by atoms with Gasteiger partial charge in [0.05, 0.1) is 6.61 Å². The summed E-state index contributed by atoms with van der Waals surface area (Å²) in [6.07, 6.45) is 4.81. The molecule has 1 aliphatic rings. The molecule has 1 aliphatic carbocycles. The van der Waals surface area contributed by atoms with Gasteiger partial charge >= 0.3 is 0 Å². The zero-order valence-corrected chi connectivity index (χ0v) is 9.33. The summed E-state index contributed by atoms with van der Waals surface area (Å²) < 4.78 is 0. The van der Waals surface area contributed by atoms with Gasteiger partial charge in [-0.15, -0.1) is 0 Å². The number of rotatable bonds is 7. The van der Waals surface area contributed by atoms with Crippen LogP contribution in [0.4, 0.5) is 0 Å². The van der Waals surface area contributed by atoms with E-state index < -0.39 is 0 Å². The van der Waals surface area contributed by atoms with E-state index in [1.165, 1.54) is 24.3 Å². The molecule has 1 saturated carbocycles. The van der Waals surface area contributed by atoms with Gasteiger partial charge in [-0.1, -0.05) is 6.92 Å². The maximum Gasteiger partial charge on any atom is 0.0613 e. The molecule has 0 aromatic carbocycles. The van der Waals surface area contributed by atoms with E-state index in [0.29, 0.717) is 6.61 Å². The summed E-state index contributed by atoms with van der Waals surface area (Å²) in [6.45, 7) is 3.57. The molecule has 2 nitrogen and oxygen atoms in total. The normalized spacial score (nSPS) is 19.8. The van der Waals surface area contributed by atoms with Gasteiger partial charge in [0.2, 0.25) is 0 Å². The molecule has 0 heterocycles. The van der Waals surface area contributed by atoms with E-state index in [1.54, 1.807) is 0 Å². The first-order chi connectivity index (χ1) is 6.33. The topological polar surface area (TPSA) is 32.3 Å². The third-order valence-electron chi connectivity index (χ3n) is 2.78. The lowest BCUT2D eigenvalue weighted by atomic mass is 9.77. The number of aliphatic hydroxyl groups excluding tert-OH is 1. The number of hydrogen-bond acceptors (Lipinski definition) is 3. The number of hydrogen-bond donors (Lipinski definition) is 2. The summed E-state index contributed by atoms with van der Waals surface area (Å²) in [4.78, 5) is 0. The van der Waals surface area contributed by atoms with Crippen molar-refractivity contribution >= 4 is 11.8 Å². The van der Waals surface area contributed by atoms with E-state index in [9.17, 15) is 5.11 Å². The average Bonchev–Trinajstić information content (AvgIpc) is 2.09. The second-order valence-electron chi connectivity index (χ2n) is 3.77.